The van der Waals surface area contributed by atoms with Gasteiger partial charge in [-0.1, -0.05) is 18.2 Å². The summed E-state index contributed by atoms with van der Waals surface area (Å²) in [4.78, 5) is 12.9. The third-order valence-corrected chi connectivity index (χ3v) is 4.24. The van der Waals surface area contributed by atoms with Crippen molar-refractivity contribution < 1.29 is 22.5 Å². The predicted molar refractivity (Wildman–Crippen MR) is 88.3 cm³/mol. The van der Waals surface area contributed by atoms with Crippen LogP contribution in [0.4, 0.5) is 10.1 Å². The zero-order valence-electron chi connectivity index (χ0n) is 13.1. The van der Waals surface area contributed by atoms with Gasteiger partial charge in [0.25, 0.3) is 5.91 Å². The molecule has 6 nitrogen and oxygen atoms in total. The molecule has 1 atom stereocenters. The number of benzene rings is 2. The summed E-state index contributed by atoms with van der Waals surface area (Å²) in [5.74, 6) is -0.565. The average molecular weight is 352 g/mol. The number of hydrogen-bond donors (Lipinski definition) is 3. The van der Waals surface area contributed by atoms with Gasteiger partial charge in [-0.15, -0.1) is 0 Å². The van der Waals surface area contributed by atoms with Gasteiger partial charge in [0.2, 0.25) is 10.0 Å². The minimum absolute atomic E-state index is 0.0627. The van der Waals surface area contributed by atoms with Crippen molar-refractivity contribution in [2.24, 2.45) is 5.14 Å². The fourth-order valence-corrected chi connectivity index (χ4v) is 2.80. The van der Waals surface area contributed by atoms with Crippen LogP contribution in [-0.2, 0) is 21.4 Å². The number of amides is 1. The molecule has 2 rings (SSSR count). The Morgan fingerprint density at radius 1 is 1.21 bits per heavy atom. The fourth-order valence-electron chi connectivity index (χ4n) is 2.24. The first-order valence-corrected chi connectivity index (χ1v) is 8.77. The molecule has 0 bridgehead atoms. The summed E-state index contributed by atoms with van der Waals surface area (Å²) in [6.07, 6.45) is 0. The second-order valence-corrected chi connectivity index (χ2v) is 7.12. The van der Waals surface area contributed by atoms with Crippen molar-refractivity contribution in [3.8, 4) is 0 Å². The van der Waals surface area contributed by atoms with Crippen molar-refractivity contribution in [2.45, 2.75) is 11.4 Å². The average Bonchev–Trinajstić information content (AvgIpc) is 2.49. The number of carbonyl (C=O) groups is 1. The molecular formula is C16H19FN3O3S+. The lowest BCUT2D eigenvalue weighted by atomic mass is 10.2. The summed E-state index contributed by atoms with van der Waals surface area (Å²) >= 11 is 0. The van der Waals surface area contributed by atoms with Gasteiger partial charge < -0.3 is 10.2 Å². The molecule has 0 aliphatic rings. The standard InChI is InChI=1S/C16H18FN3O3S/c1-20(10-12-5-7-13(17)8-6-12)11-16(21)19-14-3-2-4-15(9-14)24(18,22)23/h2-9H,10-11H2,1H3,(H,19,21)(H2,18,22,23)/p+1. The molecule has 1 unspecified atom stereocenters. The topological polar surface area (TPSA) is 93.7 Å². The molecule has 0 aromatic heterocycles. The number of hydrogen-bond acceptors (Lipinski definition) is 3. The minimum Gasteiger partial charge on any atom is -0.326 e. The van der Waals surface area contributed by atoms with Crippen LogP contribution in [0.2, 0.25) is 0 Å². The van der Waals surface area contributed by atoms with E-state index in [0.717, 1.165) is 10.5 Å². The molecule has 2 aromatic rings. The number of sulfonamides is 1. The Hall–Kier alpha value is -2.29. The highest BCUT2D eigenvalue weighted by molar-refractivity contribution is 7.89. The van der Waals surface area contributed by atoms with E-state index in [2.05, 4.69) is 5.32 Å². The van der Waals surface area contributed by atoms with E-state index in [4.69, 9.17) is 5.14 Å². The van der Waals surface area contributed by atoms with E-state index in [1.165, 1.54) is 30.3 Å². The summed E-state index contributed by atoms with van der Waals surface area (Å²) in [5, 5.41) is 7.70. The maximum Gasteiger partial charge on any atom is 0.279 e. The first-order chi connectivity index (χ1) is 11.2. The third kappa shape index (κ3) is 5.41. The van der Waals surface area contributed by atoms with Gasteiger partial charge in [0.05, 0.1) is 11.9 Å². The number of likely N-dealkylation sites (N-methyl/N-ethyl adjacent to an activating group) is 1. The van der Waals surface area contributed by atoms with Crippen LogP contribution in [0.15, 0.2) is 53.4 Å². The highest BCUT2D eigenvalue weighted by atomic mass is 32.2. The number of carbonyl (C=O) groups excluding carboxylic acids is 1. The number of anilines is 1. The summed E-state index contributed by atoms with van der Waals surface area (Å²) < 4.78 is 35.5. The van der Waals surface area contributed by atoms with Crippen LogP contribution in [0.25, 0.3) is 0 Å². The summed E-state index contributed by atoms with van der Waals surface area (Å²) in [6, 6.07) is 11.9. The van der Waals surface area contributed by atoms with Crippen molar-refractivity contribution in [1.29, 1.82) is 0 Å². The molecule has 1 amide bonds. The lowest BCUT2D eigenvalue weighted by Gasteiger charge is -2.14. The van der Waals surface area contributed by atoms with Gasteiger partial charge >= 0.3 is 0 Å². The number of quaternary nitrogens is 1. The molecule has 0 saturated carbocycles. The number of rotatable bonds is 6. The number of nitrogens with two attached hydrogens (primary N) is 1. The summed E-state index contributed by atoms with van der Waals surface area (Å²) in [7, 11) is -1.98. The molecule has 0 heterocycles. The smallest absolute Gasteiger partial charge is 0.279 e. The van der Waals surface area contributed by atoms with Gasteiger partial charge in [-0.05, 0) is 30.3 Å². The zero-order valence-corrected chi connectivity index (χ0v) is 13.9. The maximum absolute atomic E-state index is 12.9. The lowest BCUT2D eigenvalue weighted by molar-refractivity contribution is -0.885. The van der Waals surface area contributed by atoms with E-state index in [0.29, 0.717) is 12.2 Å². The fraction of sp³-hybridized carbons (Fsp3) is 0.188. The van der Waals surface area contributed by atoms with Crippen molar-refractivity contribution in [2.75, 3.05) is 18.9 Å². The number of halogens is 1. The Bertz CT molecular complexity index is 823. The van der Waals surface area contributed by atoms with Crippen LogP contribution in [0.5, 0.6) is 0 Å². The summed E-state index contributed by atoms with van der Waals surface area (Å²) in [6.45, 7) is 0.738. The third-order valence-electron chi connectivity index (χ3n) is 3.33. The van der Waals surface area contributed by atoms with Crippen LogP contribution >= 0.6 is 0 Å². The van der Waals surface area contributed by atoms with Gasteiger partial charge in [-0.2, -0.15) is 0 Å². The first kappa shape index (κ1) is 18.1. The maximum atomic E-state index is 12.9. The largest absolute Gasteiger partial charge is 0.326 e. The number of nitrogens with one attached hydrogen (secondary N) is 2. The summed E-state index contributed by atoms with van der Waals surface area (Å²) in [5.41, 5.74) is 1.28. The molecule has 0 aliphatic carbocycles. The normalized spacial score (nSPS) is 12.6. The SMILES string of the molecule is C[NH+](CC(=O)Nc1cccc(S(N)(=O)=O)c1)Cc1ccc(F)cc1. The molecular weight excluding hydrogens is 333 g/mol. The predicted octanol–water partition coefficient (Wildman–Crippen LogP) is 0.127. The van der Waals surface area contributed by atoms with Gasteiger partial charge in [0.15, 0.2) is 6.54 Å². The second kappa shape index (κ2) is 7.52. The molecule has 0 radical (unpaired) electrons. The van der Waals surface area contributed by atoms with E-state index < -0.39 is 10.0 Å². The molecule has 24 heavy (non-hydrogen) atoms. The molecule has 4 N–H and O–H groups in total. The van der Waals surface area contributed by atoms with Crippen LogP contribution in [-0.4, -0.2) is 27.9 Å². The monoisotopic (exact) mass is 352 g/mol. The van der Waals surface area contributed by atoms with Crippen LogP contribution in [0.1, 0.15) is 5.56 Å². The highest BCUT2D eigenvalue weighted by Crippen LogP contribution is 2.13. The Labute approximate surface area is 140 Å². The molecule has 0 aliphatic heterocycles. The molecule has 0 spiro atoms. The first-order valence-electron chi connectivity index (χ1n) is 7.22. The highest BCUT2D eigenvalue weighted by Gasteiger charge is 2.13. The van der Waals surface area contributed by atoms with Gasteiger partial charge in [0, 0.05) is 11.3 Å². The molecule has 128 valence electrons. The van der Waals surface area contributed by atoms with E-state index in [1.807, 2.05) is 7.05 Å². The van der Waals surface area contributed by atoms with Crippen LogP contribution < -0.4 is 15.4 Å². The van der Waals surface area contributed by atoms with Crippen molar-refractivity contribution >= 4 is 21.6 Å². The Morgan fingerprint density at radius 3 is 2.50 bits per heavy atom. The number of primary sulfonamides is 1. The molecule has 0 saturated heterocycles. The van der Waals surface area contributed by atoms with Gasteiger partial charge in [-0.25, -0.2) is 17.9 Å². The Morgan fingerprint density at radius 2 is 1.88 bits per heavy atom. The van der Waals surface area contributed by atoms with E-state index >= 15 is 0 Å². The van der Waals surface area contributed by atoms with Crippen molar-refractivity contribution in [1.82, 2.24) is 0 Å². The minimum atomic E-state index is -3.82. The van der Waals surface area contributed by atoms with Crippen LogP contribution in [0.3, 0.4) is 0 Å². The molecule has 8 heteroatoms. The molecule has 0 fully saturated rings. The van der Waals surface area contributed by atoms with Crippen LogP contribution in [0, 0.1) is 5.82 Å². The lowest BCUT2D eigenvalue weighted by Crippen LogP contribution is -3.08. The van der Waals surface area contributed by atoms with Gasteiger partial charge in [-0.3, -0.25) is 4.79 Å². The van der Waals surface area contributed by atoms with Gasteiger partial charge in [0.1, 0.15) is 12.4 Å². The van der Waals surface area contributed by atoms with E-state index in [-0.39, 0.29) is 23.2 Å². The van der Waals surface area contributed by atoms with Crippen molar-refractivity contribution in [3.63, 3.8) is 0 Å². The van der Waals surface area contributed by atoms with Crippen molar-refractivity contribution in [3.05, 3.63) is 59.9 Å². The Balaban J connectivity index is 1.94. The quantitative estimate of drug-likeness (QED) is 0.690. The Kier molecular flexibility index (Phi) is 5.66. The van der Waals surface area contributed by atoms with E-state index in [1.54, 1.807) is 18.2 Å². The van der Waals surface area contributed by atoms with E-state index in [9.17, 15) is 17.6 Å². The second-order valence-electron chi connectivity index (χ2n) is 5.56. The zero-order chi connectivity index (χ0) is 17.7. The molecule has 2 aromatic carbocycles.